The van der Waals surface area contributed by atoms with E-state index in [0.717, 1.165) is 0 Å². The highest BCUT2D eigenvalue weighted by atomic mass is 35.5. The number of nitrogens with zero attached hydrogens (tertiary/aromatic N) is 2. The molecule has 100 valence electrons. The lowest BCUT2D eigenvalue weighted by atomic mass is 10.2. The van der Waals surface area contributed by atoms with Crippen LogP contribution in [0.4, 0.5) is 4.39 Å². The lowest BCUT2D eigenvalue weighted by Crippen LogP contribution is -2.01. The summed E-state index contributed by atoms with van der Waals surface area (Å²) in [7, 11) is 0. The lowest BCUT2D eigenvalue weighted by molar-refractivity contribution is 0.432. The second-order valence-corrected chi connectivity index (χ2v) is 4.40. The zero-order valence-corrected chi connectivity index (χ0v) is 10.7. The first-order chi connectivity index (χ1) is 9.63. The molecule has 0 atom stereocenters. The van der Waals surface area contributed by atoms with E-state index in [4.69, 9.17) is 16.1 Å². The molecule has 0 fully saturated rings. The Morgan fingerprint density at radius 1 is 1.25 bits per heavy atom. The molecule has 0 aliphatic heterocycles. The van der Waals surface area contributed by atoms with Gasteiger partial charge >= 0.3 is 0 Å². The van der Waals surface area contributed by atoms with Crippen molar-refractivity contribution in [2.75, 3.05) is 0 Å². The van der Waals surface area contributed by atoms with E-state index in [2.05, 4.69) is 15.1 Å². The summed E-state index contributed by atoms with van der Waals surface area (Å²) in [6.07, 6.45) is 1.46. The van der Waals surface area contributed by atoms with Crippen molar-refractivity contribution in [2.24, 2.45) is 0 Å². The molecule has 1 N–H and O–H groups in total. The molecule has 0 radical (unpaired) electrons. The molecule has 3 rings (SSSR count). The average Bonchev–Trinajstić information content (AvgIpc) is 2.92. The minimum absolute atomic E-state index is 0.107. The van der Waals surface area contributed by atoms with Gasteiger partial charge in [0.25, 0.3) is 5.89 Å². The number of hydrogen-bond donors (Lipinski definition) is 1. The summed E-state index contributed by atoms with van der Waals surface area (Å²) in [5.41, 5.74) is 0.660. The van der Waals surface area contributed by atoms with E-state index in [0.29, 0.717) is 16.1 Å². The Kier molecular flexibility index (Phi) is 3.08. The van der Waals surface area contributed by atoms with Gasteiger partial charge in [-0.2, -0.15) is 4.98 Å². The molecule has 7 heteroatoms. The minimum Gasteiger partial charge on any atom is -0.334 e. The first kappa shape index (κ1) is 12.6. The summed E-state index contributed by atoms with van der Waals surface area (Å²) < 4.78 is 18.3. The van der Waals surface area contributed by atoms with Crippen LogP contribution in [0, 0.1) is 5.82 Å². The van der Waals surface area contributed by atoms with Gasteiger partial charge in [-0.1, -0.05) is 16.8 Å². The van der Waals surface area contributed by atoms with Crippen LogP contribution >= 0.6 is 11.6 Å². The van der Waals surface area contributed by atoms with Crippen LogP contribution in [0.2, 0.25) is 5.02 Å². The fourth-order valence-corrected chi connectivity index (χ4v) is 1.86. The zero-order valence-electron chi connectivity index (χ0n) is 9.93. The molecule has 1 aromatic carbocycles. The molecule has 0 spiro atoms. The van der Waals surface area contributed by atoms with Gasteiger partial charge in [0.05, 0.1) is 10.6 Å². The van der Waals surface area contributed by atoms with Gasteiger partial charge in [-0.05, 0) is 24.3 Å². The highest BCUT2D eigenvalue weighted by molar-refractivity contribution is 6.33. The van der Waals surface area contributed by atoms with Gasteiger partial charge in [0.15, 0.2) is 0 Å². The third-order valence-electron chi connectivity index (χ3n) is 2.63. The van der Waals surface area contributed by atoms with Gasteiger partial charge in [-0.3, -0.25) is 4.79 Å². The number of rotatable bonds is 2. The first-order valence-corrected chi connectivity index (χ1v) is 5.99. The molecule has 0 saturated heterocycles. The van der Waals surface area contributed by atoms with E-state index in [1.165, 1.54) is 30.5 Å². The molecule has 0 aliphatic carbocycles. The number of nitrogens with one attached hydrogen (secondary N) is 1. The summed E-state index contributed by atoms with van der Waals surface area (Å²) in [4.78, 5) is 17.6. The fraction of sp³-hybridized carbons (Fsp3) is 0. The van der Waals surface area contributed by atoms with Gasteiger partial charge in [0.2, 0.25) is 11.4 Å². The van der Waals surface area contributed by atoms with Crippen LogP contribution < -0.4 is 5.56 Å². The van der Waals surface area contributed by atoms with Gasteiger partial charge in [0, 0.05) is 17.8 Å². The third-order valence-corrected chi connectivity index (χ3v) is 2.96. The van der Waals surface area contributed by atoms with Crippen molar-refractivity contribution >= 4 is 11.6 Å². The number of aromatic amines is 1. The number of pyridine rings is 1. The molecule has 3 aromatic rings. The van der Waals surface area contributed by atoms with E-state index >= 15 is 0 Å². The van der Waals surface area contributed by atoms with Gasteiger partial charge < -0.3 is 9.51 Å². The maximum atomic E-state index is 13.2. The van der Waals surface area contributed by atoms with Crippen molar-refractivity contribution in [3.63, 3.8) is 0 Å². The van der Waals surface area contributed by atoms with E-state index in [1.807, 2.05) is 0 Å². The smallest absolute Gasteiger partial charge is 0.259 e. The molecular formula is C13H7ClFN3O2. The number of halogens is 2. The summed E-state index contributed by atoms with van der Waals surface area (Å²) in [5.74, 6) is -0.0690. The van der Waals surface area contributed by atoms with Crippen molar-refractivity contribution in [1.29, 1.82) is 0 Å². The van der Waals surface area contributed by atoms with Crippen molar-refractivity contribution in [2.45, 2.75) is 0 Å². The van der Waals surface area contributed by atoms with Crippen LogP contribution in [0.15, 0.2) is 45.8 Å². The Balaban J connectivity index is 2.04. The normalized spacial score (nSPS) is 10.7. The Bertz CT molecular complexity index is 808. The third kappa shape index (κ3) is 2.33. The van der Waals surface area contributed by atoms with Crippen LogP contribution in [-0.2, 0) is 0 Å². The highest BCUT2D eigenvalue weighted by Crippen LogP contribution is 2.28. The van der Waals surface area contributed by atoms with Gasteiger partial charge in [0.1, 0.15) is 5.82 Å². The number of aromatic nitrogens is 3. The maximum Gasteiger partial charge on any atom is 0.259 e. The predicted octanol–water partition coefficient (Wildman–Crippen LogP) is 2.88. The van der Waals surface area contributed by atoms with E-state index in [1.54, 1.807) is 6.07 Å². The number of benzene rings is 1. The molecule has 0 aliphatic rings. The fourth-order valence-electron chi connectivity index (χ4n) is 1.66. The Labute approximate surface area is 117 Å². The highest BCUT2D eigenvalue weighted by Gasteiger charge is 2.14. The largest absolute Gasteiger partial charge is 0.334 e. The second kappa shape index (κ2) is 4.90. The Morgan fingerprint density at radius 3 is 2.85 bits per heavy atom. The molecule has 2 heterocycles. The van der Waals surface area contributed by atoms with Crippen molar-refractivity contribution in [3.8, 4) is 22.8 Å². The molecule has 0 amide bonds. The predicted molar refractivity (Wildman–Crippen MR) is 70.8 cm³/mol. The number of hydrogen-bond acceptors (Lipinski definition) is 4. The second-order valence-electron chi connectivity index (χ2n) is 3.99. The van der Waals surface area contributed by atoms with Crippen LogP contribution in [0.25, 0.3) is 22.8 Å². The van der Waals surface area contributed by atoms with Crippen molar-refractivity contribution in [3.05, 3.63) is 57.7 Å². The summed E-state index contributed by atoms with van der Waals surface area (Å²) in [5, 5.41) is 4.08. The topological polar surface area (TPSA) is 71.8 Å². The van der Waals surface area contributed by atoms with Crippen LogP contribution in [0.3, 0.4) is 0 Å². The van der Waals surface area contributed by atoms with Gasteiger partial charge in [-0.25, -0.2) is 4.39 Å². The summed E-state index contributed by atoms with van der Waals surface area (Å²) in [6.45, 7) is 0. The standard InChI is InChI=1S/C13H7ClFN3O2/c14-10-3-2-8(15)5-9(10)13-17-12(18-20-13)7-1-4-11(19)16-6-7/h1-6H,(H,16,19). The van der Waals surface area contributed by atoms with Gasteiger partial charge in [-0.15, -0.1) is 0 Å². The maximum absolute atomic E-state index is 13.2. The molecule has 0 unspecified atom stereocenters. The number of H-pyrrole nitrogens is 1. The SMILES string of the molecule is O=c1ccc(-c2noc(-c3cc(F)ccc3Cl)n2)c[nH]1. The van der Waals surface area contributed by atoms with Crippen LogP contribution in [0.1, 0.15) is 0 Å². The van der Waals surface area contributed by atoms with Crippen LogP contribution in [0.5, 0.6) is 0 Å². The van der Waals surface area contributed by atoms with Crippen molar-refractivity contribution in [1.82, 2.24) is 15.1 Å². The van der Waals surface area contributed by atoms with Crippen LogP contribution in [-0.4, -0.2) is 15.1 Å². The molecule has 20 heavy (non-hydrogen) atoms. The molecule has 0 bridgehead atoms. The molecule has 2 aromatic heterocycles. The minimum atomic E-state index is -0.451. The molecular weight excluding hydrogens is 285 g/mol. The monoisotopic (exact) mass is 291 g/mol. The van der Waals surface area contributed by atoms with Crippen molar-refractivity contribution < 1.29 is 8.91 Å². The quantitative estimate of drug-likeness (QED) is 0.788. The summed E-state index contributed by atoms with van der Waals surface area (Å²) >= 11 is 5.96. The van der Waals surface area contributed by atoms with E-state index < -0.39 is 5.82 Å². The zero-order chi connectivity index (χ0) is 14.1. The molecule has 0 saturated carbocycles. The van der Waals surface area contributed by atoms with E-state index in [-0.39, 0.29) is 17.3 Å². The summed E-state index contributed by atoms with van der Waals surface area (Å²) in [6, 6.07) is 6.77. The first-order valence-electron chi connectivity index (χ1n) is 5.62. The average molecular weight is 292 g/mol. The lowest BCUT2D eigenvalue weighted by Gasteiger charge is -1.97. The Hall–Kier alpha value is -2.47. The van der Waals surface area contributed by atoms with E-state index in [9.17, 15) is 9.18 Å². The Morgan fingerprint density at radius 2 is 2.10 bits per heavy atom. The molecule has 5 nitrogen and oxygen atoms in total.